The predicted octanol–water partition coefficient (Wildman–Crippen LogP) is 6.06. The van der Waals surface area contributed by atoms with Crippen LogP contribution in [0.25, 0.3) is 22.4 Å². The summed E-state index contributed by atoms with van der Waals surface area (Å²) in [6.45, 7) is 3.52. The number of fused-ring (bicyclic) bond motifs is 1. The van der Waals surface area contributed by atoms with Crippen molar-refractivity contribution in [2.45, 2.75) is 6.42 Å². The molecule has 0 spiro atoms. The molecule has 0 aliphatic heterocycles. The zero-order valence-corrected chi connectivity index (χ0v) is 19.7. The van der Waals surface area contributed by atoms with Crippen LogP contribution in [0, 0.1) is 5.82 Å². The quantitative estimate of drug-likeness (QED) is 0.255. The number of aromatic nitrogens is 3. The van der Waals surface area contributed by atoms with Gasteiger partial charge in [-0.15, -0.1) is 0 Å². The standard InChI is InChI=1S/C28H19ClFN3O3/c1-2-21(34)15-18-4-3-5-20(14-18)33-26-12-13-31-17-27(26)32(28(33)35)19-6-8-22(9-7-19)36-23-10-11-24(29)25(30)16-23/h2-14,16-17H,1,15H2. The molecule has 0 N–H and O–H groups in total. The Balaban J connectivity index is 1.54. The van der Waals surface area contributed by atoms with Crippen molar-refractivity contribution in [1.29, 1.82) is 0 Å². The molecule has 0 unspecified atom stereocenters. The first-order valence-electron chi connectivity index (χ1n) is 11.0. The number of carbonyl (C=O) groups is 1. The van der Waals surface area contributed by atoms with E-state index >= 15 is 0 Å². The highest BCUT2D eigenvalue weighted by molar-refractivity contribution is 6.30. The summed E-state index contributed by atoms with van der Waals surface area (Å²) < 4.78 is 22.6. The summed E-state index contributed by atoms with van der Waals surface area (Å²) >= 11 is 5.73. The number of allylic oxidation sites excluding steroid dienone is 1. The maximum absolute atomic E-state index is 13.7. The molecule has 5 aromatic rings. The summed E-state index contributed by atoms with van der Waals surface area (Å²) in [4.78, 5) is 29.7. The van der Waals surface area contributed by atoms with E-state index in [4.69, 9.17) is 16.3 Å². The molecule has 0 saturated heterocycles. The highest BCUT2D eigenvalue weighted by Crippen LogP contribution is 2.27. The number of nitrogens with zero attached hydrogens (tertiary/aromatic N) is 3. The zero-order valence-electron chi connectivity index (χ0n) is 18.9. The van der Waals surface area contributed by atoms with Crippen LogP contribution in [0.5, 0.6) is 11.5 Å². The lowest BCUT2D eigenvalue weighted by Crippen LogP contribution is -2.22. The van der Waals surface area contributed by atoms with Gasteiger partial charge in [-0.05, 0) is 66.2 Å². The average Bonchev–Trinajstić information content (AvgIpc) is 3.18. The normalized spacial score (nSPS) is 10.9. The molecule has 0 radical (unpaired) electrons. The highest BCUT2D eigenvalue weighted by atomic mass is 35.5. The second kappa shape index (κ2) is 9.64. The van der Waals surface area contributed by atoms with Gasteiger partial charge in [-0.3, -0.25) is 18.9 Å². The van der Waals surface area contributed by atoms with Crippen molar-refractivity contribution >= 4 is 28.4 Å². The van der Waals surface area contributed by atoms with Gasteiger partial charge in [0.15, 0.2) is 5.78 Å². The first-order chi connectivity index (χ1) is 17.4. The minimum absolute atomic E-state index is 0.0138. The lowest BCUT2D eigenvalue weighted by Gasteiger charge is -2.08. The number of imidazole rings is 1. The topological polar surface area (TPSA) is 66.1 Å². The molecule has 0 aliphatic rings. The van der Waals surface area contributed by atoms with Crippen molar-refractivity contribution in [3.05, 3.63) is 125 Å². The van der Waals surface area contributed by atoms with Crippen LogP contribution in [0.15, 0.2) is 103 Å². The fourth-order valence-corrected chi connectivity index (χ4v) is 4.08. The molecular formula is C28H19ClFN3O3. The van der Waals surface area contributed by atoms with E-state index in [0.717, 1.165) is 5.56 Å². The largest absolute Gasteiger partial charge is 0.457 e. The van der Waals surface area contributed by atoms with Crippen molar-refractivity contribution in [2.75, 3.05) is 0 Å². The third-order valence-corrected chi connectivity index (χ3v) is 5.95. The molecule has 0 amide bonds. The first-order valence-corrected chi connectivity index (χ1v) is 11.4. The molecule has 2 aromatic heterocycles. The number of hydrogen-bond acceptors (Lipinski definition) is 4. The lowest BCUT2D eigenvalue weighted by atomic mass is 10.1. The van der Waals surface area contributed by atoms with E-state index in [9.17, 15) is 14.0 Å². The van der Waals surface area contributed by atoms with Gasteiger partial charge in [0.05, 0.1) is 33.6 Å². The zero-order chi connectivity index (χ0) is 25.2. The van der Waals surface area contributed by atoms with Crippen molar-refractivity contribution < 1.29 is 13.9 Å². The van der Waals surface area contributed by atoms with Gasteiger partial charge < -0.3 is 4.74 Å². The van der Waals surface area contributed by atoms with E-state index in [1.807, 2.05) is 24.3 Å². The Morgan fingerprint density at radius 2 is 1.72 bits per heavy atom. The van der Waals surface area contributed by atoms with E-state index < -0.39 is 5.82 Å². The number of halogens is 2. The molecule has 0 aliphatic carbocycles. The molecule has 178 valence electrons. The van der Waals surface area contributed by atoms with Crippen LogP contribution in [-0.2, 0) is 11.2 Å². The van der Waals surface area contributed by atoms with Gasteiger partial charge in [-0.25, -0.2) is 9.18 Å². The smallest absolute Gasteiger partial charge is 0.338 e. The number of benzene rings is 3. The maximum atomic E-state index is 13.7. The fourth-order valence-electron chi connectivity index (χ4n) is 3.96. The Hall–Kier alpha value is -4.49. The Morgan fingerprint density at radius 1 is 0.972 bits per heavy atom. The molecule has 0 fully saturated rings. The second-order valence-electron chi connectivity index (χ2n) is 8.01. The van der Waals surface area contributed by atoms with Gasteiger partial charge in [0.2, 0.25) is 0 Å². The first kappa shape index (κ1) is 23.3. The number of rotatable bonds is 7. The number of ether oxygens (including phenoxy) is 1. The van der Waals surface area contributed by atoms with Crippen molar-refractivity contribution in [2.24, 2.45) is 0 Å². The van der Waals surface area contributed by atoms with Crippen LogP contribution in [0.2, 0.25) is 5.02 Å². The summed E-state index contributed by atoms with van der Waals surface area (Å²) in [5.74, 6) is 0.0951. The van der Waals surface area contributed by atoms with Crippen LogP contribution in [0.3, 0.4) is 0 Å². The van der Waals surface area contributed by atoms with Gasteiger partial charge in [-0.1, -0.05) is 30.3 Å². The van der Waals surface area contributed by atoms with Crippen LogP contribution >= 0.6 is 11.6 Å². The summed E-state index contributed by atoms with van der Waals surface area (Å²) in [7, 11) is 0. The lowest BCUT2D eigenvalue weighted by molar-refractivity contribution is -0.114. The Bertz CT molecular complexity index is 1670. The van der Waals surface area contributed by atoms with E-state index in [1.165, 1.54) is 18.2 Å². The van der Waals surface area contributed by atoms with E-state index in [0.29, 0.717) is 33.9 Å². The molecule has 0 atom stereocenters. The van der Waals surface area contributed by atoms with E-state index in [-0.39, 0.29) is 22.9 Å². The van der Waals surface area contributed by atoms with Gasteiger partial charge in [0, 0.05) is 18.7 Å². The number of carbonyl (C=O) groups excluding carboxylic acids is 1. The molecule has 8 heteroatoms. The van der Waals surface area contributed by atoms with Gasteiger partial charge in [-0.2, -0.15) is 0 Å². The van der Waals surface area contributed by atoms with Crippen molar-refractivity contribution in [3.63, 3.8) is 0 Å². The summed E-state index contributed by atoms with van der Waals surface area (Å²) in [5, 5.41) is 0.0138. The van der Waals surface area contributed by atoms with Crippen molar-refractivity contribution in [3.8, 4) is 22.9 Å². The average molecular weight is 500 g/mol. The number of hydrogen-bond donors (Lipinski definition) is 0. The van der Waals surface area contributed by atoms with Crippen LogP contribution in [-0.4, -0.2) is 19.9 Å². The predicted molar refractivity (Wildman–Crippen MR) is 137 cm³/mol. The Kier molecular flexibility index (Phi) is 6.23. The SMILES string of the molecule is C=CC(=O)Cc1cccc(-n2c(=O)n(-c3ccc(Oc4ccc(Cl)c(F)c4)cc3)c3cnccc32)c1. The highest BCUT2D eigenvalue weighted by Gasteiger charge is 2.17. The molecule has 36 heavy (non-hydrogen) atoms. The van der Waals surface area contributed by atoms with Crippen LogP contribution < -0.4 is 10.4 Å². The van der Waals surface area contributed by atoms with E-state index in [1.54, 1.807) is 57.9 Å². The molecule has 0 saturated carbocycles. The minimum Gasteiger partial charge on any atom is -0.457 e. The summed E-state index contributed by atoms with van der Waals surface area (Å²) in [6, 6.07) is 20.1. The monoisotopic (exact) mass is 499 g/mol. The maximum Gasteiger partial charge on any atom is 0.338 e. The Labute approximate surface area is 210 Å². The third kappa shape index (κ3) is 4.44. The summed E-state index contributed by atoms with van der Waals surface area (Å²) in [5.41, 5.74) is 3.00. The molecule has 5 rings (SSSR count). The second-order valence-corrected chi connectivity index (χ2v) is 8.41. The molecule has 6 nitrogen and oxygen atoms in total. The summed E-state index contributed by atoms with van der Waals surface area (Å²) in [6.07, 6.45) is 4.73. The Morgan fingerprint density at radius 3 is 2.47 bits per heavy atom. The number of ketones is 1. The van der Waals surface area contributed by atoms with Crippen LogP contribution in [0.4, 0.5) is 4.39 Å². The number of pyridine rings is 1. The van der Waals surface area contributed by atoms with E-state index in [2.05, 4.69) is 11.6 Å². The third-order valence-electron chi connectivity index (χ3n) is 5.64. The minimum atomic E-state index is -0.574. The van der Waals surface area contributed by atoms with Gasteiger partial charge in [0.25, 0.3) is 0 Å². The molecule has 3 aromatic carbocycles. The molecule has 2 heterocycles. The molecule has 0 bridgehead atoms. The van der Waals surface area contributed by atoms with Gasteiger partial charge >= 0.3 is 5.69 Å². The fraction of sp³-hybridized carbons (Fsp3) is 0.0357. The van der Waals surface area contributed by atoms with Crippen LogP contribution in [0.1, 0.15) is 5.56 Å². The van der Waals surface area contributed by atoms with Crippen molar-refractivity contribution in [1.82, 2.24) is 14.1 Å². The van der Waals surface area contributed by atoms with Gasteiger partial charge in [0.1, 0.15) is 17.3 Å². The molecular weight excluding hydrogens is 481 g/mol.